The molecule has 4 rings (SSSR count). The number of aromatic amines is 1. The first kappa shape index (κ1) is 17.2. The Morgan fingerprint density at radius 2 is 2.08 bits per heavy atom. The number of fused-ring (bicyclic) bond motifs is 1. The van der Waals surface area contributed by atoms with Crippen molar-refractivity contribution in [1.82, 2.24) is 17.6 Å². The molecule has 1 aliphatic rings. The van der Waals surface area contributed by atoms with Crippen LogP contribution in [0, 0.1) is 0 Å². The maximum atomic E-state index is 12.3. The predicted octanol–water partition coefficient (Wildman–Crippen LogP) is 4.56. The molecule has 25 heavy (non-hydrogen) atoms. The minimum Gasteiger partial charge on any atom is -0.305 e. The molecule has 7 heteroatoms. The van der Waals surface area contributed by atoms with Crippen LogP contribution in [0.3, 0.4) is 0 Å². The summed E-state index contributed by atoms with van der Waals surface area (Å²) in [5.74, 6) is 0.550. The molecule has 0 bridgehead atoms. The smallest absolute Gasteiger partial charge is 0.305 e. The van der Waals surface area contributed by atoms with Crippen molar-refractivity contribution < 1.29 is 0 Å². The molecule has 1 aromatic carbocycles. The molecule has 0 unspecified atom stereocenters. The van der Waals surface area contributed by atoms with Crippen molar-refractivity contribution >= 4 is 45.2 Å². The van der Waals surface area contributed by atoms with Crippen LogP contribution in [-0.2, 0) is 0 Å². The van der Waals surface area contributed by atoms with Gasteiger partial charge in [0.15, 0.2) is 0 Å². The molecule has 0 aliphatic carbocycles. The number of H-pyrrole nitrogens is 1. The Balaban J connectivity index is 1.73. The normalized spacial score (nSPS) is 17.0. The topological polar surface area (TPSA) is 53.9 Å². The molecule has 0 spiro atoms. The van der Waals surface area contributed by atoms with Crippen molar-refractivity contribution in [1.29, 1.82) is 0 Å². The van der Waals surface area contributed by atoms with Gasteiger partial charge in [-0.15, -0.1) is 11.3 Å². The van der Waals surface area contributed by atoms with E-state index < -0.39 is 0 Å². The number of nitrogens with zero attached hydrogens (tertiary/aromatic N) is 3. The summed E-state index contributed by atoms with van der Waals surface area (Å²) in [6.45, 7) is 6.31. The zero-order valence-electron chi connectivity index (χ0n) is 14.3. The number of para-hydroxylation sites is 1. The van der Waals surface area contributed by atoms with E-state index in [2.05, 4.69) is 42.4 Å². The molecule has 5 nitrogen and oxygen atoms in total. The highest BCUT2D eigenvalue weighted by Crippen LogP contribution is 2.35. The SMILES string of the molecule is CC(C)n1c(=O)[nH]c2c(-c3nc(C4CCN(I)CC4)cs3)cccc21. The van der Waals surface area contributed by atoms with E-state index in [1.807, 2.05) is 30.5 Å². The summed E-state index contributed by atoms with van der Waals surface area (Å²) in [6.07, 6.45) is 2.33. The molecule has 0 saturated carbocycles. The van der Waals surface area contributed by atoms with Gasteiger partial charge < -0.3 is 4.98 Å². The molecule has 1 fully saturated rings. The minimum absolute atomic E-state index is 0.0522. The number of thiazole rings is 1. The van der Waals surface area contributed by atoms with Gasteiger partial charge in [0.2, 0.25) is 0 Å². The highest BCUT2D eigenvalue weighted by atomic mass is 127. The van der Waals surface area contributed by atoms with Crippen LogP contribution < -0.4 is 5.69 Å². The molecule has 3 heterocycles. The Hall–Kier alpha value is -1.19. The molecule has 132 valence electrons. The van der Waals surface area contributed by atoms with Crippen molar-refractivity contribution in [3.63, 3.8) is 0 Å². The second-order valence-electron chi connectivity index (χ2n) is 6.86. The van der Waals surface area contributed by atoms with Gasteiger partial charge >= 0.3 is 5.69 Å². The molecule has 0 atom stereocenters. The maximum Gasteiger partial charge on any atom is 0.326 e. The van der Waals surface area contributed by atoms with E-state index in [1.54, 1.807) is 11.3 Å². The van der Waals surface area contributed by atoms with Crippen molar-refractivity contribution in [2.75, 3.05) is 13.1 Å². The summed E-state index contributed by atoms with van der Waals surface area (Å²) >= 11 is 4.08. The Kier molecular flexibility index (Phi) is 4.72. The number of aromatic nitrogens is 3. The Labute approximate surface area is 164 Å². The van der Waals surface area contributed by atoms with Crippen molar-refractivity contribution in [3.05, 3.63) is 39.8 Å². The summed E-state index contributed by atoms with van der Waals surface area (Å²) in [6, 6.07) is 6.20. The third-order valence-electron chi connectivity index (χ3n) is 4.88. The van der Waals surface area contributed by atoms with E-state index in [0.29, 0.717) is 5.92 Å². The molecule has 0 radical (unpaired) electrons. The molecular weight excluding hydrogens is 447 g/mol. The number of benzene rings is 1. The molecule has 3 aromatic rings. The lowest BCUT2D eigenvalue weighted by atomic mass is 9.95. The summed E-state index contributed by atoms with van der Waals surface area (Å²) < 4.78 is 4.16. The van der Waals surface area contributed by atoms with E-state index in [0.717, 1.165) is 47.5 Å². The van der Waals surface area contributed by atoms with Crippen LogP contribution in [0.15, 0.2) is 28.4 Å². The fraction of sp³-hybridized carbons (Fsp3) is 0.444. The molecule has 1 N–H and O–H groups in total. The molecule has 0 amide bonds. The third-order valence-corrected chi connectivity index (χ3v) is 6.74. The summed E-state index contributed by atoms with van der Waals surface area (Å²) in [5, 5.41) is 3.19. The number of rotatable bonds is 3. The highest BCUT2D eigenvalue weighted by molar-refractivity contribution is 14.1. The number of nitrogens with one attached hydrogen (secondary N) is 1. The molecular formula is C18H21IN4OS. The van der Waals surface area contributed by atoms with E-state index in [4.69, 9.17) is 4.98 Å². The standard InChI is InChI=1S/C18H21IN4OS/c1-11(2)23-15-5-3-4-13(16(15)21-18(23)24)17-20-14(10-25-17)12-6-8-22(19)9-7-12/h3-5,10-12H,6-9H2,1-2H3,(H,21,24). The van der Waals surface area contributed by atoms with Gasteiger partial charge in [0.25, 0.3) is 0 Å². The van der Waals surface area contributed by atoms with Gasteiger partial charge in [-0.2, -0.15) is 0 Å². The number of hydrogen-bond donors (Lipinski definition) is 1. The molecule has 1 saturated heterocycles. The van der Waals surface area contributed by atoms with E-state index >= 15 is 0 Å². The van der Waals surface area contributed by atoms with E-state index in [1.165, 1.54) is 5.69 Å². The number of imidazole rings is 1. The highest BCUT2D eigenvalue weighted by Gasteiger charge is 2.22. The lowest BCUT2D eigenvalue weighted by Crippen LogP contribution is -2.24. The second kappa shape index (κ2) is 6.85. The van der Waals surface area contributed by atoms with Gasteiger partial charge in [-0.25, -0.2) is 12.9 Å². The number of piperidine rings is 1. The van der Waals surface area contributed by atoms with Crippen LogP contribution in [0.4, 0.5) is 0 Å². The number of hydrogen-bond acceptors (Lipinski definition) is 4. The van der Waals surface area contributed by atoms with Crippen LogP contribution >= 0.6 is 34.2 Å². The lowest BCUT2D eigenvalue weighted by molar-refractivity contribution is 0.365. The van der Waals surface area contributed by atoms with Crippen LogP contribution in [0.1, 0.15) is 44.3 Å². The van der Waals surface area contributed by atoms with Gasteiger partial charge in [-0.05, 0) is 38.8 Å². The predicted molar refractivity (Wildman–Crippen MR) is 112 cm³/mol. The summed E-state index contributed by atoms with van der Waals surface area (Å²) in [4.78, 5) is 20.3. The number of halogens is 1. The Morgan fingerprint density at radius 3 is 2.80 bits per heavy atom. The van der Waals surface area contributed by atoms with Crippen LogP contribution in [-0.4, -0.2) is 30.7 Å². The second-order valence-corrected chi connectivity index (χ2v) is 9.08. The zero-order chi connectivity index (χ0) is 17.6. The maximum absolute atomic E-state index is 12.3. The first-order valence-corrected chi connectivity index (χ1v) is 10.5. The van der Waals surface area contributed by atoms with Crippen LogP contribution in [0.5, 0.6) is 0 Å². The van der Waals surface area contributed by atoms with E-state index in [9.17, 15) is 4.79 Å². The zero-order valence-corrected chi connectivity index (χ0v) is 17.3. The first-order chi connectivity index (χ1) is 12.0. The van der Waals surface area contributed by atoms with Crippen molar-refractivity contribution in [2.45, 2.75) is 38.6 Å². The average molecular weight is 468 g/mol. The quantitative estimate of drug-likeness (QED) is 0.453. The first-order valence-electron chi connectivity index (χ1n) is 8.64. The molecule has 1 aliphatic heterocycles. The third kappa shape index (κ3) is 3.17. The summed E-state index contributed by atoms with van der Waals surface area (Å²) in [5.41, 5.74) is 4.02. The van der Waals surface area contributed by atoms with Gasteiger partial charge in [0.1, 0.15) is 5.01 Å². The fourth-order valence-electron chi connectivity index (χ4n) is 3.58. The van der Waals surface area contributed by atoms with Gasteiger partial charge in [0, 0.05) is 58.9 Å². The van der Waals surface area contributed by atoms with Gasteiger partial charge in [-0.3, -0.25) is 4.57 Å². The lowest BCUT2D eigenvalue weighted by Gasteiger charge is -2.26. The van der Waals surface area contributed by atoms with Crippen LogP contribution in [0.25, 0.3) is 21.6 Å². The van der Waals surface area contributed by atoms with Crippen molar-refractivity contribution in [3.8, 4) is 10.6 Å². The average Bonchev–Trinajstić information content (AvgIpc) is 3.18. The monoisotopic (exact) mass is 468 g/mol. The Bertz CT molecular complexity index is 950. The van der Waals surface area contributed by atoms with Gasteiger partial charge in [0.05, 0.1) is 16.7 Å². The summed E-state index contributed by atoms with van der Waals surface area (Å²) in [7, 11) is 0. The van der Waals surface area contributed by atoms with E-state index in [-0.39, 0.29) is 11.7 Å². The van der Waals surface area contributed by atoms with Crippen LogP contribution in [0.2, 0.25) is 0 Å². The largest absolute Gasteiger partial charge is 0.326 e. The molecule has 2 aromatic heterocycles. The van der Waals surface area contributed by atoms with Gasteiger partial charge in [-0.1, -0.05) is 6.07 Å². The minimum atomic E-state index is -0.0522. The Morgan fingerprint density at radius 1 is 1.32 bits per heavy atom. The van der Waals surface area contributed by atoms with Crippen molar-refractivity contribution in [2.24, 2.45) is 0 Å². The fourth-order valence-corrected chi connectivity index (χ4v) is 5.07.